The van der Waals surface area contributed by atoms with Gasteiger partial charge in [0.1, 0.15) is 6.04 Å². The van der Waals surface area contributed by atoms with E-state index in [1.54, 1.807) is 0 Å². The minimum Gasteiger partial charge on any atom is -0.371 e. The highest BCUT2D eigenvalue weighted by Gasteiger charge is 2.25. The van der Waals surface area contributed by atoms with Crippen molar-refractivity contribution in [2.45, 2.75) is 46.1 Å². The molecule has 1 aromatic rings. The van der Waals surface area contributed by atoms with Crippen LogP contribution in [0, 0.1) is 12.8 Å². The maximum atomic E-state index is 12.5. The number of aryl methyl sites for hydroxylation is 1. The first-order valence-corrected chi connectivity index (χ1v) is 8.64. The van der Waals surface area contributed by atoms with Crippen molar-refractivity contribution in [2.24, 2.45) is 11.7 Å². The van der Waals surface area contributed by atoms with E-state index in [0.717, 1.165) is 30.8 Å². The Labute approximate surface area is 143 Å². The van der Waals surface area contributed by atoms with Gasteiger partial charge in [-0.1, -0.05) is 20.3 Å². The van der Waals surface area contributed by atoms with Crippen molar-refractivity contribution in [1.82, 2.24) is 5.32 Å². The summed E-state index contributed by atoms with van der Waals surface area (Å²) >= 11 is 0. The number of benzene rings is 1. The van der Waals surface area contributed by atoms with E-state index in [0.29, 0.717) is 0 Å². The molecule has 0 radical (unpaired) electrons. The van der Waals surface area contributed by atoms with Crippen molar-refractivity contribution in [3.8, 4) is 0 Å². The Kier molecular flexibility index (Phi) is 6.06. The van der Waals surface area contributed by atoms with Crippen molar-refractivity contribution in [2.75, 3.05) is 23.3 Å². The third-order valence-electron chi connectivity index (χ3n) is 4.70. The molecule has 2 rings (SSSR count). The zero-order chi connectivity index (χ0) is 17.7. The smallest absolute Gasteiger partial charge is 0.312 e. The molecule has 1 fully saturated rings. The summed E-state index contributed by atoms with van der Waals surface area (Å²) in [6, 6.07) is 4.62. The number of anilines is 2. The van der Waals surface area contributed by atoms with Crippen LogP contribution < -0.4 is 21.3 Å². The topological polar surface area (TPSA) is 87.5 Å². The molecule has 3 amide bonds. The first kappa shape index (κ1) is 18.1. The van der Waals surface area contributed by atoms with E-state index in [2.05, 4.69) is 28.5 Å². The predicted octanol–water partition coefficient (Wildman–Crippen LogP) is 2.62. The van der Waals surface area contributed by atoms with Crippen LogP contribution in [-0.2, 0) is 4.79 Å². The number of nitrogens with zero attached hydrogens (tertiary/aromatic N) is 1. The Morgan fingerprint density at radius 1 is 1.29 bits per heavy atom. The van der Waals surface area contributed by atoms with Crippen LogP contribution in [0.5, 0.6) is 0 Å². The van der Waals surface area contributed by atoms with Gasteiger partial charge in [-0.3, -0.25) is 4.79 Å². The Morgan fingerprint density at radius 2 is 1.96 bits per heavy atom. The molecule has 0 bridgehead atoms. The van der Waals surface area contributed by atoms with E-state index in [1.165, 1.54) is 18.5 Å². The molecule has 0 saturated carbocycles. The first-order valence-electron chi connectivity index (χ1n) is 8.64. The Balaban J connectivity index is 2.09. The normalized spacial score (nSPS) is 16.5. The monoisotopic (exact) mass is 332 g/mol. The van der Waals surface area contributed by atoms with E-state index in [4.69, 9.17) is 5.73 Å². The van der Waals surface area contributed by atoms with Gasteiger partial charge in [0, 0.05) is 24.5 Å². The number of hydrogen-bond acceptors (Lipinski definition) is 3. The summed E-state index contributed by atoms with van der Waals surface area (Å²) in [6.07, 6.45) is 3.23. The summed E-state index contributed by atoms with van der Waals surface area (Å²) in [4.78, 5) is 26.0. The highest BCUT2D eigenvalue weighted by molar-refractivity contribution is 5.97. The quantitative estimate of drug-likeness (QED) is 0.748. The lowest BCUT2D eigenvalue weighted by Gasteiger charge is -2.24. The molecule has 1 heterocycles. The molecule has 1 aliphatic heterocycles. The number of carbonyl (C=O) groups excluding carboxylic acids is 2. The largest absolute Gasteiger partial charge is 0.371 e. The van der Waals surface area contributed by atoms with Crippen LogP contribution in [-0.4, -0.2) is 31.1 Å². The van der Waals surface area contributed by atoms with Gasteiger partial charge in [-0.25, -0.2) is 4.79 Å². The number of primary amides is 1. The molecule has 0 aromatic heterocycles. The van der Waals surface area contributed by atoms with Gasteiger partial charge in [0.25, 0.3) is 0 Å². The highest BCUT2D eigenvalue weighted by atomic mass is 16.2. The van der Waals surface area contributed by atoms with Gasteiger partial charge in [0.2, 0.25) is 5.91 Å². The second kappa shape index (κ2) is 8.04. The molecule has 2 atom stereocenters. The Bertz CT molecular complexity index is 597. The fraction of sp³-hybridized carbons (Fsp3) is 0.556. The van der Waals surface area contributed by atoms with Gasteiger partial charge >= 0.3 is 6.03 Å². The van der Waals surface area contributed by atoms with Gasteiger partial charge in [-0.15, -0.1) is 0 Å². The minimum atomic E-state index is -0.684. The van der Waals surface area contributed by atoms with Crippen LogP contribution in [0.15, 0.2) is 18.2 Å². The van der Waals surface area contributed by atoms with Gasteiger partial charge in [-0.2, -0.15) is 0 Å². The summed E-state index contributed by atoms with van der Waals surface area (Å²) in [5, 5.41) is 5.43. The molecule has 1 aliphatic rings. The summed E-state index contributed by atoms with van der Waals surface area (Å²) in [5.74, 6) is -0.237. The second-order valence-electron chi connectivity index (χ2n) is 6.56. The van der Waals surface area contributed by atoms with Crippen molar-refractivity contribution in [3.63, 3.8) is 0 Å². The lowest BCUT2D eigenvalue weighted by molar-refractivity contribution is -0.119. The number of rotatable bonds is 6. The summed E-state index contributed by atoms with van der Waals surface area (Å²) in [7, 11) is 0. The van der Waals surface area contributed by atoms with Crippen LogP contribution in [0.4, 0.5) is 16.2 Å². The van der Waals surface area contributed by atoms with Crippen LogP contribution in [0.1, 0.15) is 38.7 Å². The molecule has 1 aromatic carbocycles. The molecule has 4 N–H and O–H groups in total. The van der Waals surface area contributed by atoms with Gasteiger partial charge in [0.05, 0.1) is 0 Å². The van der Waals surface area contributed by atoms with E-state index in [-0.39, 0.29) is 11.8 Å². The number of nitrogens with one attached hydrogen (secondary N) is 2. The summed E-state index contributed by atoms with van der Waals surface area (Å²) in [5.41, 5.74) is 8.29. The highest BCUT2D eigenvalue weighted by Crippen LogP contribution is 2.27. The zero-order valence-corrected chi connectivity index (χ0v) is 14.8. The van der Waals surface area contributed by atoms with Gasteiger partial charge in [0.15, 0.2) is 0 Å². The molecule has 132 valence electrons. The Hall–Kier alpha value is -2.24. The van der Waals surface area contributed by atoms with Crippen molar-refractivity contribution < 1.29 is 9.59 Å². The average molecular weight is 332 g/mol. The average Bonchev–Trinajstić information content (AvgIpc) is 3.05. The lowest BCUT2D eigenvalue weighted by atomic mass is 9.98. The molecule has 0 spiro atoms. The van der Waals surface area contributed by atoms with Gasteiger partial charge < -0.3 is 21.3 Å². The standard InChI is InChI=1S/C18H28N4O2/c1-4-12(2)16(21-18(19)24)17(23)20-14-7-8-15(13(3)11-14)22-9-5-6-10-22/h7-8,11-12,16H,4-6,9-10H2,1-3H3,(H,20,23)(H3,19,21,24)/t12-,16-/m0/s1. The summed E-state index contributed by atoms with van der Waals surface area (Å²) in [6.45, 7) is 8.12. The molecule has 0 aliphatic carbocycles. The van der Waals surface area contributed by atoms with E-state index >= 15 is 0 Å². The van der Waals surface area contributed by atoms with Gasteiger partial charge in [-0.05, 0) is 49.4 Å². The van der Waals surface area contributed by atoms with E-state index in [9.17, 15) is 9.59 Å². The second-order valence-corrected chi connectivity index (χ2v) is 6.56. The number of urea groups is 1. The fourth-order valence-electron chi connectivity index (χ4n) is 3.12. The van der Waals surface area contributed by atoms with Crippen LogP contribution in [0.3, 0.4) is 0 Å². The molecule has 6 nitrogen and oxygen atoms in total. The molecular weight excluding hydrogens is 304 g/mol. The zero-order valence-electron chi connectivity index (χ0n) is 14.8. The minimum absolute atomic E-state index is 0.00229. The van der Waals surface area contributed by atoms with Crippen molar-refractivity contribution in [1.29, 1.82) is 0 Å². The fourth-order valence-corrected chi connectivity index (χ4v) is 3.12. The van der Waals surface area contributed by atoms with Crippen LogP contribution in [0.2, 0.25) is 0 Å². The molecular formula is C18H28N4O2. The summed E-state index contributed by atoms with van der Waals surface area (Å²) < 4.78 is 0. The molecule has 6 heteroatoms. The lowest BCUT2D eigenvalue weighted by Crippen LogP contribution is -2.49. The predicted molar refractivity (Wildman–Crippen MR) is 97.2 cm³/mol. The number of hydrogen-bond donors (Lipinski definition) is 3. The van der Waals surface area contributed by atoms with Crippen molar-refractivity contribution >= 4 is 23.3 Å². The third kappa shape index (κ3) is 4.40. The maximum Gasteiger partial charge on any atom is 0.312 e. The molecule has 0 unspecified atom stereocenters. The maximum absolute atomic E-state index is 12.5. The SMILES string of the molecule is CC[C@H](C)[C@H](NC(N)=O)C(=O)Nc1ccc(N2CCCC2)c(C)c1. The number of carbonyl (C=O) groups is 2. The van der Waals surface area contributed by atoms with Crippen LogP contribution in [0.25, 0.3) is 0 Å². The first-order chi connectivity index (χ1) is 11.4. The van der Waals surface area contributed by atoms with E-state index in [1.807, 2.05) is 26.0 Å². The number of amides is 3. The molecule has 24 heavy (non-hydrogen) atoms. The Morgan fingerprint density at radius 3 is 2.50 bits per heavy atom. The van der Waals surface area contributed by atoms with Crippen molar-refractivity contribution in [3.05, 3.63) is 23.8 Å². The molecule has 1 saturated heterocycles. The number of nitrogens with two attached hydrogens (primary N) is 1. The van der Waals surface area contributed by atoms with E-state index < -0.39 is 12.1 Å². The third-order valence-corrected chi connectivity index (χ3v) is 4.70. The van der Waals surface area contributed by atoms with Crippen LogP contribution >= 0.6 is 0 Å².